The molecule has 1 rings (SSSR count). The lowest BCUT2D eigenvalue weighted by atomic mass is 10.1. The predicted molar refractivity (Wildman–Crippen MR) is 46.8 cm³/mol. The summed E-state index contributed by atoms with van der Waals surface area (Å²) in [5, 5.41) is 0. The topological polar surface area (TPSA) is 69.1 Å². The van der Waals surface area contributed by atoms with Crippen molar-refractivity contribution < 1.29 is 13.6 Å². The van der Waals surface area contributed by atoms with E-state index in [9.17, 15) is 13.6 Å². The number of carbonyl (C=O) groups excluding carboxylic acids is 1. The Balaban J connectivity index is 3.24. The maximum atomic E-state index is 13.0. The molecule has 0 radical (unpaired) electrons. The zero-order valence-electron chi connectivity index (χ0n) is 6.97. The maximum absolute atomic E-state index is 13.0. The number of benzene rings is 1. The quantitative estimate of drug-likeness (QED) is 0.465. The van der Waals surface area contributed by atoms with Crippen molar-refractivity contribution in [2.45, 2.75) is 0 Å². The van der Waals surface area contributed by atoms with E-state index in [1.165, 1.54) is 0 Å². The molecule has 14 heavy (non-hydrogen) atoms. The zero-order chi connectivity index (χ0) is 10.7. The number of amides is 1. The fraction of sp³-hybridized carbons (Fsp3) is 0. The minimum Gasteiger partial charge on any atom is -0.398 e. The molecule has 1 amide bonds. The van der Waals surface area contributed by atoms with Crippen LogP contribution >= 0.6 is 0 Å². The van der Waals surface area contributed by atoms with E-state index in [-0.39, 0.29) is 11.3 Å². The number of carbonyl (C=O) groups is 1. The number of rotatable bonds is 0. The first-order valence-electron chi connectivity index (χ1n) is 3.56. The normalized spacial score (nSPS) is 9.00. The summed E-state index contributed by atoms with van der Waals surface area (Å²) in [6.45, 7) is 0. The van der Waals surface area contributed by atoms with Crippen LogP contribution < -0.4 is 11.5 Å². The lowest BCUT2D eigenvalue weighted by Crippen LogP contribution is -2.06. The lowest BCUT2D eigenvalue weighted by molar-refractivity contribution is -0.112. The smallest absolute Gasteiger partial charge is 0.293 e. The third kappa shape index (κ3) is 2.20. The van der Waals surface area contributed by atoms with Gasteiger partial charge in [0.15, 0.2) is 0 Å². The number of hydrogen-bond acceptors (Lipinski definition) is 2. The summed E-state index contributed by atoms with van der Waals surface area (Å²) >= 11 is 0. The molecule has 0 unspecified atom stereocenters. The number of nitrogen functional groups attached to an aromatic ring is 1. The highest BCUT2D eigenvalue weighted by molar-refractivity contribution is 5.92. The molecule has 0 aliphatic heterocycles. The SMILES string of the molecule is NC(=O)C#Cc1c(N)cc(F)cc1F. The van der Waals surface area contributed by atoms with E-state index in [4.69, 9.17) is 11.5 Å². The van der Waals surface area contributed by atoms with Crippen LogP contribution in [0.3, 0.4) is 0 Å². The first kappa shape index (κ1) is 9.99. The molecule has 0 bridgehead atoms. The van der Waals surface area contributed by atoms with Crippen LogP contribution in [-0.2, 0) is 4.79 Å². The second-order valence-electron chi connectivity index (χ2n) is 2.47. The number of nitrogens with two attached hydrogens (primary N) is 2. The molecular weight excluding hydrogens is 190 g/mol. The Morgan fingerprint density at radius 2 is 2.00 bits per heavy atom. The molecule has 4 N–H and O–H groups in total. The van der Waals surface area contributed by atoms with Gasteiger partial charge in [-0.15, -0.1) is 0 Å². The van der Waals surface area contributed by atoms with Gasteiger partial charge in [-0.1, -0.05) is 5.92 Å². The Morgan fingerprint density at radius 1 is 1.36 bits per heavy atom. The summed E-state index contributed by atoms with van der Waals surface area (Å²) in [4.78, 5) is 10.3. The highest BCUT2D eigenvalue weighted by Gasteiger charge is 2.06. The van der Waals surface area contributed by atoms with Gasteiger partial charge in [-0.05, 0) is 6.07 Å². The second-order valence-corrected chi connectivity index (χ2v) is 2.47. The Morgan fingerprint density at radius 3 is 2.50 bits per heavy atom. The molecule has 0 saturated carbocycles. The highest BCUT2D eigenvalue weighted by Crippen LogP contribution is 2.16. The van der Waals surface area contributed by atoms with Crippen LogP contribution in [0.1, 0.15) is 5.56 Å². The van der Waals surface area contributed by atoms with Crippen molar-refractivity contribution in [1.29, 1.82) is 0 Å². The summed E-state index contributed by atoms with van der Waals surface area (Å²) in [7, 11) is 0. The summed E-state index contributed by atoms with van der Waals surface area (Å²) in [6, 6.07) is 1.54. The number of hydrogen-bond donors (Lipinski definition) is 2. The summed E-state index contributed by atoms with van der Waals surface area (Å²) < 4.78 is 25.5. The molecule has 0 fully saturated rings. The van der Waals surface area contributed by atoms with E-state index in [0.29, 0.717) is 6.07 Å². The van der Waals surface area contributed by atoms with Gasteiger partial charge in [0.2, 0.25) is 0 Å². The average Bonchev–Trinajstić information content (AvgIpc) is 2.01. The Labute approximate surface area is 78.7 Å². The fourth-order valence-electron chi connectivity index (χ4n) is 0.849. The van der Waals surface area contributed by atoms with E-state index in [1.54, 1.807) is 0 Å². The minimum absolute atomic E-state index is 0.170. The van der Waals surface area contributed by atoms with Crippen LogP contribution in [-0.4, -0.2) is 5.91 Å². The van der Waals surface area contributed by atoms with Crippen LogP contribution in [0.15, 0.2) is 12.1 Å². The molecule has 5 heteroatoms. The number of primary amides is 1. The fourth-order valence-corrected chi connectivity index (χ4v) is 0.849. The van der Waals surface area contributed by atoms with Gasteiger partial charge >= 0.3 is 0 Å². The molecule has 72 valence electrons. The molecule has 3 nitrogen and oxygen atoms in total. The Kier molecular flexibility index (Phi) is 2.67. The van der Waals surface area contributed by atoms with Crippen LogP contribution in [0.2, 0.25) is 0 Å². The average molecular weight is 196 g/mol. The van der Waals surface area contributed by atoms with E-state index in [1.807, 2.05) is 5.92 Å². The van der Waals surface area contributed by atoms with Crippen LogP contribution in [0.4, 0.5) is 14.5 Å². The van der Waals surface area contributed by atoms with Crippen LogP contribution in [0.5, 0.6) is 0 Å². The van der Waals surface area contributed by atoms with Crippen molar-refractivity contribution >= 4 is 11.6 Å². The van der Waals surface area contributed by atoms with Crippen molar-refractivity contribution in [2.75, 3.05) is 5.73 Å². The molecule has 1 aromatic carbocycles. The number of halogens is 2. The van der Waals surface area contributed by atoms with Gasteiger partial charge < -0.3 is 11.5 Å². The van der Waals surface area contributed by atoms with E-state index in [2.05, 4.69) is 5.92 Å². The predicted octanol–water partition coefficient (Wildman–Crippen LogP) is 0.384. The largest absolute Gasteiger partial charge is 0.398 e. The lowest BCUT2D eigenvalue weighted by Gasteiger charge is -1.99. The van der Waals surface area contributed by atoms with Gasteiger partial charge in [-0.2, -0.15) is 0 Å². The third-order valence-electron chi connectivity index (χ3n) is 1.40. The minimum atomic E-state index is -0.920. The third-order valence-corrected chi connectivity index (χ3v) is 1.40. The molecule has 0 heterocycles. The Bertz CT molecular complexity index is 423. The van der Waals surface area contributed by atoms with Crippen molar-refractivity contribution in [1.82, 2.24) is 0 Å². The molecule has 0 aromatic heterocycles. The van der Waals surface area contributed by atoms with Crippen LogP contribution in [0, 0.1) is 23.5 Å². The first-order chi connectivity index (χ1) is 6.50. The standard InChI is InChI=1S/C9H6F2N2O/c10-5-3-7(11)6(8(12)4-5)1-2-9(13)14/h3-4H,12H2,(H2,13,14). The molecular formula is C9H6F2N2O. The summed E-state index contributed by atoms with van der Waals surface area (Å²) in [6.07, 6.45) is 0. The molecule has 0 saturated heterocycles. The van der Waals surface area contributed by atoms with Crippen molar-refractivity contribution in [3.05, 3.63) is 29.3 Å². The molecule has 0 spiro atoms. The van der Waals surface area contributed by atoms with Crippen LogP contribution in [0.25, 0.3) is 0 Å². The van der Waals surface area contributed by atoms with Gasteiger partial charge in [-0.3, -0.25) is 4.79 Å². The highest BCUT2D eigenvalue weighted by atomic mass is 19.1. The first-order valence-corrected chi connectivity index (χ1v) is 3.56. The molecule has 0 aliphatic carbocycles. The maximum Gasteiger partial charge on any atom is 0.293 e. The van der Waals surface area contributed by atoms with Gasteiger partial charge in [-0.25, -0.2) is 8.78 Å². The van der Waals surface area contributed by atoms with Gasteiger partial charge in [0.25, 0.3) is 5.91 Å². The molecule has 0 atom stereocenters. The van der Waals surface area contributed by atoms with E-state index >= 15 is 0 Å². The van der Waals surface area contributed by atoms with Crippen molar-refractivity contribution in [2.24, 2.45) is 5.73 Å². The summed E-state index contributed by atoms with van der Waals surface area (Å²) in [5.41, 5.74) is 9.59. The second kappa shape index (κ2) is 3.75. The van der Waals surface area contributed by atoms with Gasteiger partial charge in [0, 0.05) is 12.0 Å². The number of anilines is 1. The van der Waals surface area contributed by atoms with Crippen molar-refractivity contribution in [3.63, 3.8) is 0 Å². The van der Waals surface area contributed by atoms with E-state index < -0.39 is 17.5 Å². The van der Waals surface area contributed by atoms with Crippen molar-refractivity contribution in [3.8, 4) is 11.8 Å². The van der Waals surface area contributed by atoms with Gasteiger partial charge in [0.1, 0.15) is 11.6 Å². The van der Waals surface area contributed by atoms with Gasteiger partial charge in [0.05, 0.1) is 11.3 Å². The molecule has 0 aliphatic rings. The molecule has 1 aromatic rings. The Hall–Kier alpha value is -2.09. The van der Waals surface area contributed by atoms with E-state index in [0.717, 1.165) is 6.07 Å². The zero-order valence-corrected chi connectivity index (χ0v) is 6.97. The summed E-state index contributed by atoms with van der Waals surface area (Å²) in [5.74, 6) is 1.40. The monoisotopic (exact) mass is 196 g/mol.